The van der Waals surface area contributed by atoms with Crippen LogP contribution in [-0.2, 0) is 46.8 Å². The molecule has 1 N–H and O–H groups in total. The largest absolute Gasteiger partial charge is 0.481 e. The summed E-state index contributed by atoms with van der Waals surface area (Å²) in [4.78, 5) is 22.8. The summed E-state index contributed by atoms with van der Waals surface area (Å²) in [5, 5.41) is 8.61. The summed E-state index contributed by atoms with van der Waals surface area (Å²) in [7, 11) is -6.36. The van der Waals surface area contributed by atoms with E-state index in [0.29, 0.717) is 39.7 Å². The molecule has 3 aliphatic carbocycles. The van der Waals surface area contributed by atoms with Crippen molar-refractivity contribution >= 4 is 31.6 Å². The van der Waals surface area contributed by atoms with Crippen molar-refractivity contribution in [3.63, 3.8) is 0 Å². The SMILES string of the molecule is O=C(Cc1ccc(S(=O)(=O)CC2CC2)cc1)OCC1CC1.O=C(O)Cc1ccc(S(=O)(=O)CC2CC2)cc1. The molecule has 38 heavy (non-hydrogen) atoms. The fraction of sp³-hybridized carbons (Fsp3) is 0.500. The third kappa shape index (κ3) is 9.23. The highest BCUT2D eigenvalue weighted by Gasteiger charge is 2.30. The molecule has 2 aromatic rings. The molecule has 0 heterocycles. The third-order valence-electron chi connectivity index (χ3n) is 6.75. The molecule has 0 spiro atoms. The van der Waals surface area contributed by atoms with Crippen LogP contribution in [0.3, 0.4) is 0 Å². The number of hydrogen-bond donors (Lipinski definition) is 1. The number of carbonyl (C=O) groups excluding carboxylic acids is 1. The number of carbonyl (C=O) groups is 2. The quantitative estimate of drug-likeness (QED) is 0.386. The van der Waals surface area contributed by atoms with Crippen molar-refractivity contribution in [1.82, 2.24) is 0 Å². The van der Waals surface area contributed by atoms with Crippen LogP contribution in [0.1, 0.15) is 49.7 Å². The van der Waals surface area contributed by atoms with Crippen molar-refractivity contribution in [3.05, 3.63) is 59.7 Å². The Morgan fingerprint density at radius 3 is 1.42 bits per heavy atom. The van der Waals surface area contributed by atoms with E-state index in [1.807, 2.05) is 0 Å². The third-order valence-corrected chi connectivity index (χ3v) is 10.6. The van der Waals surface area contributed by atoms with Gasteiger partial charge in [0.2, 0.25) is 0 Å². The van der Waals surface area contributed by atoms with E-state index in [4.69, 9.17) is 9.84 Å². The molecular formula is C28H34O8S2. The molecule has 206 valence electrons. The molecule has 2 aromatic carbocycles. The lowest BCUT2D eigenvalue weighted by Crippen LogP contribution is -2.11. The average molecular weight is 563 g/mol. The van der Waals surface area contributed by atoms with Crippen LogP contribution >= 0.6 is 0 Å². The highest BCUT2D eigenvalue weighted by Crippen LogP contribution is 2.33. The van der Waals surface area contributed by atoms with Gasteiger partial charge in [-0.25, -0.2) is 16.8 Å². The minimum atomic E-state index is -3.19. The first-order chi connectivity index (χ1) is 18.0. The van der Waals surface area contributed by atoms with E-state index in [1.165, 1.54) is 12.1 Å². The van der Waals surface area contributed by atoms with Crippen molar-refractivity contribution in [2.24, 2.45) is 17.8 Å². The van der Waals surface area contributed by atoms with E-state index < -0.39 is 25.6 Å². The Kier molecular flexibility index (Phi) is 8.92. The molecule has 5 rings (SSSR count). The van der Waals surface area contributed by atoms with E-state index in [-0.39, 0.29) is 30.3 Å². The standard InChI is InChI=1S/C16H20O4S.C12H14O4S/c17-16(20-10-13-1-2-13)9-12-5-7-15(8-6-12)21(18,19)11-14-3-4-14;13-12(14)7-9-3-5-11(6-4-9)17(15,16)8-10-1-2-10/h5-8,13-14H,1-4,9-11H2;3-6,10H,1-2,7-8H2,(H,13,14). The van der Waals surface area contributed by atoms with Crippen LogP contribution in [0.2, 0.25) is 0 Å². The Morgan fingerprint density at radius 1 is 0.658 bits per heavy atom. The molecule has 0 unspecified atom stereocenters. The first kappa shape index (κ1) is 28.3. The number of carboxylic acid groups (broad SMARTS) is 1. The summed E-state index contributed by atoms with van der Waals surface area (Å²) in [6, 6.07) is 12.7. The Bertz CT molecular complexity index is 1330. The van der Waals surface area contributed by atoms with E-state index >= 15 is 0 Å². The molecule has 8 nitrogen and oxygen atoms in total. The second-order valence-electron chi connectivity index (χ2n) is 10.6. The Morgan fingerprint density at radius 2 is 1.05 bits per heavy atom. The molecule has 3 aliphatic rings. The molecule has 0 amide bonds. The first-order valence-electron chi connectivity index (χ1n) is 13.0. The fourth-order valence-electron chi connectivity index (χ4n) is 3.90. The van der Waals surface area contributed by atoms with Gasteiger partial charge in [0.1, 0.15) is 0 Å². The number of ether oxygens (including phenoxy) is 1. The molecule has 3 saturated carbocycles. The maximum Gasteiger partial charge on any atom is 0.310 e. The summed E-state index contributed by atoms with van der Waals surface area (Å²) in [5.41, 5.74) is 1.41. The van der Waals surface area contributed by atoms with Gasteiger partial charge >= 0.3 is 11.9 Å². The normalized spacial score (nSPS) is 17.3. The topological polar surface area (TPSA) is 132 Å². The van der Waals surface area contributed by atoms with Crippen molar-refractivity contribution in [1.29, 1.82) is 0 Å². The second kappa shape index (κ2) is 12.0. The van der Waals surface area contributed by atoms with Crippen LogP contribution in [0, 0.1) is 17.8 Å². The van der Waals surface area contributed by atoms with Crippen LogP contribution in [0.5, 0.6) is 0 Å². The Hall–Kier alpha value is -2.72. The number of sulfone groups is 2. The van der Waals surface area contributed by atoms with Crippen LogP contribution < -0.4 is 0 Å². The van der Waals surface area contributed by atoms with E-state index in [9.17, 15) is 26.4 Å². The van der Waals surface area contributed by atoms with Gasteiger partial charge in [-0.3, -0.25) is 9.59 Å². The number of hydrogen-bond acceptors (Lipinski definition) is 7. The van der Waals surface area contributed by atoms with Gasteiger partial charge in [0.05, 0.1) is 40.7 Å². The van der Waals surface area contributed by atoms with Gasteiger partial charge in [-0.05, 0) is 91.7 Å². The number of carboxylic acids is 1. The van der Waals surface area contributed by atoms with Crippen molar-refractivity contribution in [2.45, 2.75) is 61.2 Å². The maximum absolute atomic E-state index is 12.1. The first-order valence-corrected chi connectivity index (χ1v) is 16.3. The molecule has 3 fully saturated rings. The van der Waals surface area contributed by atoms with Crippen LogP contribution in [0.4, 0.5) is 0 Å². The van der Waals surface area contributed by atoms with Crippen LogP contribution in [0.25, 0.3) is 0 Å². The zero-order valence-electron chi connectivity index (χ0n) is 21.3. The lowest BCUT2D eigenvalue weighted by atomic mass is 10.1. The zero-order valence-corrected chi connectivity index (χ0v) is 22.9. The Labute approximate surface area is 224 Å². The maximum atomic E-state index is 12.1. The molecule has 0 saturated heterocycles. The highest BCUT2D eigenvalue weighted by atomic mass is 32.2. The van der Waals surface area contributed by atoms with Gasteiger partial charge in [-0.1, -0.05) is 24.3 Å². The smallest absolute Gasteiger partial charge is 0.310 e. The fourth-order valence-corrected chi connectivity index (χ4v) is 7.29. The molecule has 0 aromatic heterocycles. The summed E-state index contributed by atoms with van der Waals surface area (Å²) >= 11 is 0. The number of rotatable bonds is 12. The van der Waals surface area contributed by atoms with Gasteiger partial charge < -0.3 is 9.84 Å². The monoisotopic (exact) mass is 562 g/mol. The molecule has 0 aliphatic heterocycles. The molecule has 0 radical (unpaired) electrons. The summed E-state index contributed by atoms with van der Waals surface area (Å²) < 4.78 is 53.2. The average Bonchev–Trinajstić information content (AvgIpc) is 3.69. The molecule has 10 heteroatoms. The number of benzene rings is 2. The van der Waals surface area contributed by atoms with Crippen molar-refractivity contribution in [2.75, 3.05) is 18.1 Å². The van der Waals surface area contributed by atoms with Crippen molar-refractivity contribution < 1.29 is 36.3 Å². The highest BCUT2D eigenvalue weighted by molar-refractivity contribution is 7.91. The minimum Gasteiger partial charge on any atom is -0.481 e. The second-order valence-corrected chi connectivity index (χ2v) is 14.7. The predicted octanol–water partition coefficient (Wildman–Crippen LogP) is 3.86. The van der Waals surface area contributed by atoms with Crippen LogP contribution in [0.15, 0.2) is 58.3 Å². The van der Waals surface area contributed by atoms with Crippen LogP contribution in [-0.4, -0.2) is 52.0 Å². The van der Waals surface area contributed by atoms with Gasteiger partial charge in [0, 0.05) is 0 Å². The number of aliphatic carboxylic acids is 1. The van der Waals surface area contributed by atoms with E-state index in [1.54, 1.807) is 36.4 Å². The number of esters is 1. The van der Waals surface area contributed by atoms with Crippen molar-refractivity contribution in [3.8, 4) is 0 Å². The van der Waals surface area contributed by atoms with E-state index in [2.05, 4.69) is 0 Å². The summed E-state index contributed by atoms with van der Waals surface area (Å²) in [6.07, 6.45) is 6.46. The Balaban J connectivity index is 0.000000181. The minimum absolute atomic E-state index is 0.0804. The van der Waals surface area contributed by atoms with Gasteiger partial charge in [-0.15, -0.1) is 0 Å². The molecule has 0 atom stereocenters. The van der Waals surface area contributed by atoms with E-state index in [0.717, 1.165) is 44.1 Å². The lowest BCUT2D eigenvalue weighted by molar-refractivity contribution is -0.143. The summed E-state index contributed by atoms with van der Waals surface area (Å²) in [6.45, 7) is 0.521. The summed E-state index contributed by atoms with van der Waals surface area (Å²) in [5.74, 6) is 0.518. The zero-order chi connectivity index (χ0) is 27.3. The molecule has 0 bridgehead atoms. The predicted molar refractivity (Wildman–Crippen MR) is 141 cm³/mol. The van der Waals surface area contributed by atoms with Gasteiger partial charge in [-0.2, -0.15) is 0 Å². The molecular weight excluding hydrogens is 528 g/mol. The van der Waals surface area contributed by atoms with Gasteiger partial charge in [0.15, 0.2) is 19.7 Å². The van der Waals surface area contributed by atoms with Gasteiger partial charge in [0.25, 0.3) is 0 Å². The lowest BCUT2D eigenvalue weighted by Gasteiger charge is -2.06.